The predicted octanol–water partition coefficient (Wildman–Crippen LogP) is 3.53. The number of aliphatic imine (C=N–C) groups is 1. The summed E-state index contributed by atoms with van der Waals surface area (Å²) in [6.07, 6.45) is 1.72. The number of hydrogen-bond acceptors (Lipinski definition) is 3. The van der Waals surface area contributed by atoms with E-state index >= 15 is 0 Å². The number of hydrogen-bond donors (Lipinski definition) is 2. The molecule has 1 aliphatic rings. The summed E-state index contributed by atoms with van der Waals surface area (Å²) in [4.78, 5) is 19.5. The number of amides is 1. The Balaban J connectivity index is 1.96. The Labute approximate surface area is 130 Å². The number of nitrogens with zero attached hydrogens (tertiary/aromatic N) is 1. The average Bonchev–Trinajstić information content (AvgIpc) is 2.99. The van der Waals surface area contributed by atoms with Crippen molar-refractivity contribution in [2.45, 2.75) is 0 Å². The number of aromatic amines is 1. The van der Waals surface area contributed by atoms with E-state index < -0.39 is 0 Å². The lowest BCUT2D eigenvalue weighted by atomic mass is 10.1. The Morgan fingerprint density at radius 2 is 2.16 bits per heavy atom. The third-order valence-electron chi connectivity index (χ3n) is 2.77. The van der Waals surface area contributed by atoms with Gasteiger partial charge in [0.15, 0.2) is 5.17 Å². The highest BCUT2D eigenvalue weighted by atomic mass is 79.9. The van der Waals surface area contributed by atoms with E-state index in [0.717, 1.165) is 32.1 Å². The molecule has 0 spiro atoms. The van der Waals surface area contributed by atoms with Gasteiger partial charge in [-0.1, -0.05) is 11.8 Å². The van der Waals surface area contributed by atoms with Crippen LogP contribution in [0.4, 0.5) is 0 Å². The zero-order valence-corrected chi connectivity index (χ0v) is 13.7. The highest BCUT2D eigenvalue weighted by Gasteiger charge is 2.16. The van der Waals surface area contributed by atoms with Crippen molar-refractivity contribution >= 4 is 65.6 Å². The van der Waals surface area contributed by atoms with Gasteiger partial charge in [-0.05, 0) is 44.0 Å². The van der Waals surface area contributed by atoms with Crippen LogP contribution in [0, 0.1) is 0 Å². The van der Waals surface area contributed by atoms with Crippen LogP contribution in [0.1, 0.15) is 10.4 Å². The smallest absolute Gasteiger partial charge is 0.259 e. The van der Waals surface area contributed by atoms with Gasteiger partial charge in [0.1, 0.15) is 0 Å². The molecule has 0 aliphatic carbocycles. The van der Waals surface area contributed by atoms with E-state index in [0.29, 0.717) is 10.7 Å². The van der Waals surface area contributed by atoms with E-state index in [9.17, 15) is 4.79 Å². The molecule has 4 nitrogen and oxygen atoms in total. The number of carbonyl (C=O) groups is 1. The molecule has 1 aromatic carbocycles. The van der Waals surface area contributed by atoms with Gasteiger partial charge < -0.3 is 10.3 Å². The van der Waals surface area contributed by atoms with Gasteiger partial charge in [0.25, 0.3) is 5.91 Å². The molecule has 0 fully saturated rings. The first kappa shape index (κ1) is 13.2. The van der Waals surface area contributed by atoms with Crippen LogP contribution in [-0.4, -0.2) is 28.4 Å². The molecule has 2 heterocycles. The van der Waals surface area contributed by atoms with Crippen molar-refractivity contribution < 1.29 is 4.79 Å². The van der Waals surface area contributed by atoms with E-state index in [1.54, 1.807) is 18.0 Å². The fourth-order valence-electron chi connectivity index (χ4n) is 1.88. The molecule has 0 radical (unpaired) electrons. The van der Waals surface area contributed by atoms with Crippen molar-refractivity contribution in [1.82, 2.24) is 10.3 Å². The molecule has 2 aromatic rings. The quantitative estimate of drug-likeness (QED) is 0.766. The van der Waals surface area contributed by atoms with Gasteiger partial charge in [-0.3, -0.25) is 9.79 Å². The van der Waals surface area contributed by atoms with Crippen molar-refractivity contribution in [2.75, 3.05) is 12.3 Å². The lowest BCUT2D eigenvalue weighted by molar-refractivity contribution is 0.0979. The Morgan fingerprint density at radius 3 is 2.89 bits per heavy atom. The second-order valence-electron chi connectivity index (χ2n) is 4.00. The minimum Gasteiger partial charge on any atom is -0.360 e. The number of nitrogens with one attached hydrogen (secondary N) is 2. The zero-order valence-electron chi connectivity index (χ0n) is 9.67. The summed E-state index contributed by atoms with van der Waals surface area (Å²) in [6.45, 7) is 0.770. The second-order valence-corrected chi connectivity index (χ2v) is 6.80. The SMILES string of the molecule is O=C(NC1=NCCS1)c1c[nH]c2cc(Br)c(Br)cc12. The summed E-state index contributed by atoms with van der Waals surface area (Å²) in [5, 5.41) is 4.42. The van der Waals surface area contributed by atoms with Crippen molar-refractivity contribution in [3.63, 3.8) is 0 Å². The van der Waals surface area contributed by atoms with Gasteiger partial charge >= 0.3 is 0 Å². The maximum absolute atomic E-state index is 12.2. The summed E-state index contributed by atoms with van der Waals surface area (Å²) in [5.74, 6) is 0.802. The number of thioether (sulfide) groups is 1. The summed E-state index contributed by atoms with van der Waals surface area (Å²) < 4.78 is 1.87. The highest BCUT2D eigenvalue weighted by Crippen LogP contribution is 2.30. The Bertz CT molecular complexity index is 696. The minimum atomic E-state index is -0.131. The molecule has 7 heteroatoms. The van der Waals surface area contributed by atoms with Gasteiger partial charge in [0.05, 0.1) is 12.1 Å². The van der Waals surface area contributed by atoms with E-state index in [4.69, 9.17) is 0 Å². The first-order valence-electron chi connectivity index (χ1n) is 5.60. The first-order valence-corrected chi connectivity index (χ1v) is 8.17. The predicted molar refractivity (Wildman–Crippen MR) is 85.9 cm³/mol. The van der Waals surface area contributed by atoms with Crippen molar-refractivity contribution in [2.24, 2.45) is 4.99 Å². The molecule has 0 saturated heterocycles. The number of benzene rings is 1. The minimum absolute atomic E-state index is 0.131. The molecule has 1 aliphatic heterocycles. The van der Waals surface area contributed by atoms with Gasteiger partial charge in [0.2, 0.25) is 0 Å². The number of amidine groups is 1. The third kappa shape index (κ3) is 2.59. The van der Waals surface area contributed by atoms with Gasteiger partial charge in [-0.15, -0.1) is 0 Å². The maximum Gasteiger partial charge on any atom is 0.259 e. The largest absolute Gasteiger partial charge is 0.360 e. The number of rotatable bonds is 1. The standard InChI is InChI=1S/C12H9Br2N3OS/c13-8-3-6-7(5-16-10(6)4-9(8)14)11(18)17-12-15-1-2-19-12/h3-5,16H,1-2H2,(H,15,17,18). The Kier molecular flexibility index (Phi) is 3.68. The van der Waals surface area contributed by atoms with Gasteiger partial charge in [0, 0.05) is 31.8 Å². The molecule has 0 saturated carbocycles. The number of carbonyl (C=O) groups excluding carboxylic acids is 1. The number of halogens is 2. The highest BCUT2D eigenvalue weighted by molar-refractivity contribution is 9.13. The molecule has 1 aromatic heterocycles. The van der Waals surface area contributed by atoms with Gasteiger partial charge in [-0.2, -0.15) is 0 Å². The Morgan fingerprint density at radius 1 is 1.37 bits per heavy atom. The van der Waals surface area contributed by atoms with E-state index in [2.05, 4.69) is 47.2 Å². The van der Waals surface area contributed by atoms with Crippen LogP contribution in [0.5, 0.6) is 0 Å². The monoisotopic (exact) mass is 401 g/mol. The summed E-state index contributed by atoms with van der Waals surface area (Å²) in [5.41, 5.74) is 1.54. The Hall–Kier alpha value is -0.790. The van der Waals surface area contributed by atoms with Crippen LogP contribution < -0.4 is 5.32 Å². The van der Waals surface area contributed by atoms with Crippen molar-refractivity contribution in [1.29, 1.82) is 0 Å². The summed E-state index contributed by atoms with van der Waals surface area (Å²) in [7, 11) is 0. The molecule has 19 heavy (non-hydrogen) atoms. The zero-order chi connectivity index (χ0) is 13.4. The molecule has 1 amide bonds. The fraction of sp³-hybridized carbons (Fsp3) is 0.167. The summed E-state index contributed by atoms with van der Waals surface area (Å²) >= 11 is 8.47. The van der Waals surface area contributed by atoms with E-state index in [-0.39, 0.29) is 5.91 Å². The van der Waals surface area contributed by atoms with Crippen molar-refractivity contribution in [3.8, 4) is 0 Å². The van der Waals surface area contributed by atoms with Crippen LogP contribution in [-0.2, 0) is 0 Å². The third-order valence-corrected chi connectivity index (χ3v) is 5.51. The number of aromatic nitrogens is 1. The second kappa shape index (κ2) is 5.30. The summed E-state index contributed by atoms with van der Waals surface area (Å²) in [6, 6.07) is 3.87. The van der Waals surface area contributed by atoms with Crippen LogP contribution in [0.25, 0.3) is 10.9 Å². The lowest BCUT2D eigenvalue weighted by Gasteiger charge is -2.03. The molecule has 0 bridgehead atoms. The first-order chi connectivity index (χ1) is 9.15. The molecular weight excluding hydrogens is 394 g/mol. The van der Waals surface area contributed by atoms with E-state index in [1.165, 1.54) is 0 Å². The number of fused-ring (bicyclic) bond motifs is 1. The van der Waals surface area contributed by atoms with Crippen molar-refractivity contribution in [3.05, 3.63) is 32.8 Å². The van der Waals surface area contributed by atoms with Crippen LogP contribution in [0.15, 0.2) is 32.3 Å². The normalized spacial score (nSPS) is 14.7. The van der Waals surface area contributed by atoms with Crippen LogP contribution in [0.2, 0.25) is 0 Å². The fourth-order valence-corrected chi connectivity index (χ4v) is 3.29. The van der Waals surface area contributed by atoms with Gasteiger partial charge in [-0.25, -0.2) is 0 Å². The molecule has 0 atom stereocenters. The van der Waals surface area contributed by atoms with Crippen LogP contribution >= 0.6 is 43.6 Å². The van der Waals surface area contributed by atoms with E-state index in [1.807, 2.05) is 12.1 Å². The maximum atomic E-state index is 12.2. The number of H-pyrrole nitrogens is 1. The molecule has 3 rings (SSSR count). The average molecular weight is 403 g/mol. The van der Waals surface area contributed by atoms with Crippen LogP contribution in [0.3, 0.4) is 0 Å². The molecule has 98 valence electrons. The molecule has 0 unspecified atom stereocenters. The molecule has 2 N–H and O–H groups in total. The lowest BCUT2D eigenvalue weighted by Crippen LogP contribution is -2.27. The molecular formula is C12H9Br2N3OS. The topological polar surface area (TPSA) is 57.2 Å².